The molecule has 3 aliphatic rings. The van der Waals surface area contributed by atoms with Crippen LogP contribution in [0.4, 0.5) is 0 Å². The van der Waals surface area contributed by atoms with E-state index in [1.165, 1.54) is 11.1 Å². The minimum Gasteiger partial charge on any atom is -0.392 e. The Labute approximate surface area is 98.2 Å². The number of allylic oxidation sites excluding steroid dienone is 1. The number of hydrogen-bond acceptors (Lipinski definition) is 1. The average Bonchev–Trinajstić information content (AvgIpc) is 2.63. The Bertz CT molecular complexity index is 400. The molecule has 0 spiro atoms. The summed E-state index contributed by atoms with van der Waals surface area (Å²) in [4.78, 5) is 0. The molecular weight excluding hydrogens is 196 g/mol. The molecular formula is C15H22O. The van der Waals surface area contributed by atoms with Gasteiger partial charge in [0.2, 0.25) is 0 Å². The fraction of sp³-hybridized carbons (Fsp3) is 0.733. The Balaban J connectivity index is 2.17. The summed E-state index contributed by atoms with van der Waals surface area (Å²) in [5, 5.41) is 10.6. The molecule has 1 nitrogen and oxygen atoms in total. The van der Waals surface area contributed by atoms with Crippen molar-refractivity contribution in [2.45, 2.75) is 40.2 Å². The molecule has 3 saturated carbocycles. The van der Waals surface area contributed by atoms with Crippen LogP contribution in [0.15, 0.2) is 23.3 Å². The fourth-order valence-corrected chi connectivity index (χ4v) is 5.10. The third-order valence-corrected chi connectivity index (χ3v) is 5.57. The van der Waals surface area contributed by atoms with Gasteiger partial charge < -0.3 is 5.11 Å². The monoisotopic (exact) mass is 218 g/mol. The lowest BCUT2D eigenvalue weighted by atomic mass is 9.44. The van der Waals surface area contributed by atoms with Crippen molar-refractivity contribution in [1.82, 2.24) is 0 Å². The Kier molecular flexibility index (Phi) is 1.86. The van der Waals surface area contributed by atoms with Gasteiger partial charge in [-0.25, -0.2) is 0 Å². The average molecular weight is 218 g/mol. The van der Waals surface area contributed by atoms with Crippen LogP contribution in [0, 0.1) is 29.1 Å². The van der Waals surface area contributed by atoms with Gasteiger partial charge in [0, 0.05) is 11.3 Å². The van der Waals surface area contributed by atoms with Gasteiger partial charge in [0.05, 0.1) is 6.10 Å². The lowest BCUT2D eigenvalue weighted by Crippen LogP contribution is -2.59. The van der Waals surface area contributed by atoms with Gasteiger partial charge >= 0.3 is 0 Å². The van der Waals surface area contributed by atoms with Crippen LogP contribution in [0.1, 0.15) is 34.1 Å². The summed E-state index contributed by atoms with van der Waals surface area (Å²) >= 11 is 0. The van der Waals surface area contributed by atoms with Crippen molar-refractivity contribution >= 4 is 0 Å². The third-order valence-electron chi connectivity index (χ3n) is 5.57. The van der Waals surface area contributed by atoms with E-state index in [9.17, 15) is 5.11 Å². The van der Waals surface area contributed by atoms with Gasteiger partial charge in [-0.1, -0.05) is 37.1 Å². The summed E-state index contributed by atoms with van der Waals surface area (Å²) in [6.07, 6.45) is 0.986. The van der Waals surface area contributed by atoms with E-state index in [0.717, 1.165) is 6.42 Å². The van der Waals surface area contributed by atoms with Gasteiger partial charge in [0.15, 0.2) is 0 Å². The molecule has 0 saturated heterocycles. The highest BCUT2D eigenvalue weighted by molar-refractivity contribution is 5.51. The lowest BCUT2D eigenvalue weighted by Gasteiger charge is -2.60. The van der Waals surface area contributed by atoms with Crippen molar-refractivity contribution in [2.75, 3.05) is 0 Å². The fourth-order valence-electron chi connectivity index (χ4n) is 5.10. The molecule has 3 rings (SSSR count). The number of aliphatic hydroxyl groups is 1. The largest absolute Gasteiger partial charge is 0.392 e. The molecule has 1 heteroatoms. The summed E-state index contributed by atoms with van der Waals surface area (Å²) in [5.74, 6) is 2.24. The number of fused-ring (bicyclic) bond motifs is 1. The van der Waals surface area contributed by atoms with E-state index in [2.05, 4.69) is 34.3 Å². The molecule has 0 radical (unpaired) electrons. The van der Waals surface area contributed by atoms with Gasteiger partial charge in [0.1, 0.15) is 0 Å². The quantitative estimate of drug-likeness (QED) is 0.670. The van der Waals surface area contributed by atoms with Crippen molar-refractivity contribution in [3.8, 4) is 0 Å². The van der Waals surface area contributed by atoms with E-state index in [0.29, 0.717) is 23.7 Å². The normalized spacial score (nSPS) is 48.9. The van der Waals surface area contributed by atoms with E-state index in [4.69, 9.17) is 0 Å². The summed E-state index contributed by atoms with van der Waals surface area (Å²) in [6, 6.07) is 0. The van der Waals surface area contributed by atoms with Gasteiger partial charge in [-0.2, -0.15) is 0 Å². The first-order valence-electron chi connectivity index (χ1n) is 6.48. The second-order valence-corrected chi connectivity index (χ2v) is 6.44. The summed E-state index contributed by atoms with van der Waals surface area (Å²) in [6.45, 7) is 13.2. The van der Waals surface area contributed by atoms with E-state index in [1.54, 1.807) is 5.57 Å². The van der Waals surface area contributed by atoms with Gasteiger partial charge in [0.25, 0.3) is 0 Å². The highest BCUT2D eigenvalue weighted by Gasteiger charge is 2.74. The van der Waals surface area contributed by atoms with Crippen LogP contribution in [-0.2, 0) is 0 Å². The molecule has 0 aromatic carbocycles. The van der Waals surface area contributed by atoms with E-state index < -0.39 is 0 Å². The van der Waals surface area contributed by atoms with Crippen LogP contribution in [0.3, 0.4) is 0 Å². The van der Waals surface area contributed by atoms with Gasteiger partial charge in [-0.15, -0.1) is 0 Å². The molecule has 0 aliphatic heterocycles. The van der Waals surface area contributed by atoms with E-state index in [1.807, 2.05) is 0 Å². The first-order valence-corrected chi connectivity index (χ1v) is 6.48. The van der Waals surface area contributed by atoms with Crippen molar-refractivity contribution in [1.29, 1.82) is 0 Å². The second kappa shape index (κ2) is 2.81. The van der Waals surface area contributed by atoms with Crippen molar-refractivity contribution < 1.29 is 5.11 Å². The highest BCUT2D eigenvalue weighted by atomic mass is 16.3. The summed E-state index contributed by atoms with van der Waals surface area (Å²) < 4.78 is 0. The number of hydrogen-bond donors (Lipinski definition) is 1. The highest BCUT2D eigenvalue weighted by Crippen LogP contribution is 2.77. The van der Waals surface area contributed by atoms with Crippen LogP contribution in [0.2, 0.25) is 0 Å². The van der Waals surface area contributed by atoms with E-state index in [-0.39, 0.29) is 11.5 Å². The molecule has 2 bridgehead atoms. The third kappa shape index (κ3) is 0.786. The first-order chi connectivity index (χ1) is 7.44. The molecule has 16 heavy (non-hydrogen) atoms. The maximum absolute atomic E-state index is 10.6. The van der Waals surface area contributed by atoms with Crippen LogP contribution in [0.25, 0.3) is 0 Å². The number of rotatable bonds is 1. The minimum atomic E-state index is -0.167. The molecule has 5 atom stereocenters. The first kappa shape index (κ1) is 10.6. The predicted molar refractivity (Wildman–Crippen MR) is 65.9 cm³/mol. The minimum absolute atomic E-state index is 0.0280. The molecule has 0 unspecified atom stereocenters. The smallest absolute Gasteiger partial charge is 0.0707 e. The SMILES string of the molecule is C=C1[C@H]2C[C@@H]3C(=C(C)C)[C@H]2[C@@]1(C(C)C)[C@H]3O. The Morgan fingerprint density at radius 1 is 1.38 bits per heavy atom. The maximum Gasteiger partial charge on any atom is 0.0707 e. The lowest BCUT2D eigenvalue weighted by molar-refractivity contribution is -0.0972. The van der Waals surface area contributed by atoms with Crippen LogP contribution >= 0.6 is 0 Å². The molecule has 3 aliphatic carbocycles. The Morgan fingerprint density at radius 3 is 2.38 bits per heavy atom. The zero-order valence-corrected chi connectivity index (χ0v) is 10.7. The topological polar surface area (TPSA) is 20.2 Å². The molecule has 0 amide bonds. The zero-order valence-electron chi connectivity index (χ0n) is 10.7. The summed E-state index contributed by atoms with van der Waals surface area (Å²) in [5.41, 5.74) is 4.37. The van der Waals surface area contributed by atoms with Crippen LogP contribution in [0.5, 0.6) is 0 Å². The van der Waals surface area contributed by atoms with Gasteiger partial charge in [-0.05, 0) is 38.0 Å². The Hall–Kier alpha value is -0.560. The standard InChI is InChI=1S/C15H22O/c1-7(2)12-11-6-10-9(5)15(8(3)4,13(10)12)14(11)16/h8,10-11,13-14,16H,5-6H2,1-4H3/t10-,11-,13+,14+,15+/m1/s1. The molecule has 1 N–H and O–H groups in total. The molecule has 3 fully saturated rings. The second-order valence-electron chi connectivity index (χ2n) is 6.44. The Morgan fingerprint density at radius 2 is 2.00 bits per heavy atom. The predicted octanol–water partition coefficient (Wildman–Crippen LogP) is 3.16. The number of aliphatic hydroxyl groups excluding tert-OH is 1. The zero-order chi connectivity index (χ0) is 11.8. The van der Waals surface area contributed by atoms with Crippen molar-refractivity contribution in [3.05, 3.63) is 23.3 Å². The van der Waals surface area contributed by atoms with Crippen LogP contribution in [-0.4, -0.2) is 11.2 Å². The van der Waals surface area contributed by atoms with Crippen LogP contribution < -0.4 is 0 Å². The molecule has 88 valence electrons. The van der Waals surface area contributed by atoms with Crippen molar-refractivity contribution in [2.24, 2.45) is 29.1 Å². The molecule has 0 aromatic rings. The molecule has 0 aromatic heterocycles. The summed E-state index contributed by atoms with van der Waals surface area (Å²) in [7, 11) is 0. The molecule has 0 heterocycles. The van der Waals surface area contributed by atoms with E-state index >= 15 is 0 Å². The maximum atomic E-state index is 10.6. The van der Waals surface area contributed by atoms with Gasteiger partial charge in [-0.3, -0.25) is 0 Å². The van der Waals surface area contributed by atoms with Crippen molar-refractivity contribution in [3.63, 3.8) is 0 Å².